The fraction of sp³-hybridized carbons (Fsp3) is 0.476. The summed E-state index contributed by atoms with van der Waals surface area (Å²) in [5.41, 5.74) is 1.32. The maximum absolute atomic E-state index is 13.0. The zero-order chi connectivity index (χ0) is 19.5. The lowest BCUT2D eigenvalue weighted by molar-refractivity contribution is 0.0698. The molecule has 4 rings (SSSR count). The minimum absolute atomic E-state index is 0.0131. The van der Waals surface area contributed by atoms with Crippen molar-refractivity contribution in [3.8, 4) is 0 Å². The van der Waals surface area contributed by atoms with Crippen LogP contribution in [0.2, 0.25) is 0 Å². The van der Waals surface area contributed by atoms with Gasteiger partial charge in [0.15, 0.2) is 0 Å². The van der Waals surface area contributed by atoms with Crippen molar-refractivity contribution < 1.29 is 4.79 Å². The molecule has 7 nitrogen and oxygen atoms in total. The summed E-state index contributed by atoms with van der Waals surface area (Å²) in [7, 11) is 4.19. The van der Waals surface area contributed by atoms with E-state index >= 15 is 0 Å². The van der Waals surface area contributed by atoms with Gasteiger partial charge in [-0.25, -0.2) is 9.97 Å². The molecule has 1 amide bonds. The summed E-state index contributed by atoms with van der Waals surface area (Å²) in [6, 6.07) is 5.79. The first-order valence-electron chi connectivity index (χ1n) is 10.0. The number of aryl methyl sites for hydroxylation is 1. The third-order valence-corrected chi connectivity index (χ3v) is 5.41. The molecule has 3 aromatic heterocycles. The number of amides is 1. The molecule has 1 unspecified atom stereocenters. The molecule has 1 fully saturated rings. The number of carbonyl (C=O) groups is 1. The Balaban J connectivity index is 1.46. The molecule has 7 heteroatoms. The lowest BCUT2D eigenvalue weighted by atomic mass is 9.96. The molecular formula is C21H28N6O. The molecule has 0 saturated carbocycles. The molecule has 28 heavy (non-hydrogen) atoms. The molecule has 0 aromatic carbocycles. The number of aromatic nitrogens is 4. The highest BCUT2D eigenvalue weighted by Crippen LogP contribution is 2.27. The maximum atomic E-state index is 13.0. The second-order valence-corrected chi connectivity index (χ2v) is 7.82. The van der Waals surface area contributed by atoms with Crippen molar-refractivity contribution in [1.29, 1.82) is 0 Å². The summed E-state index contributed by atoms with van der Waals surface area (Å²) < 4.78 is 4.15. The first-order chi connectivity index (χ1) is 13.6. The number of likely N-dealkylation sites (tertiary alicyclic amines) is 1. The predicted molar refractivity (Wildman–Crippen MR) is 108 cm³/mol. The molecule has 148 valence electrons. The van der Waals surface area contributed by atoms with E-state index < -0.39 is 0 Å². The second kappa shape index (κ2) is 8.14. The van der Waals surface area contributed by atoms with Gasteiger partial charge in [0, 0.05) is 50.3 Å². The van der Waals surface area contributed by atoms with E-state index in [9.17, 15) is 4.79 Å². The molecule has 1 atom stereocenters. The van der Waals surface area contributed by atoms with E-state index in [4.69, 9.17) is 0 Å². The number of imidazole rings is 2. The van der Waals surface area contributed by atoms with Crippen molar-refractivity contribution in [2.24, 2.45) is 0 Å². The van der Waals surface area contributed by atoms with Crippen molar-refractivity contribution in [1.82, 2.24) is 28.7 Å². The van der Waals surface area contributed by atoms with Gasteiger partial charge in [-0.15, -0.1) is 0 Å². The maximum Gasteiger partial charge on any atom is 0.274 e. The topological polar surface area (TPSA) is 58.7 Å². The Labute approximate surface area is 165 Å². The summed E-state index contributed by atoms with van der Waals surface area (Å²) in [5, 5.41) is 0. The molecule has 0 bridgehead atoms. The Hall–Kier alpha value is -2.67. The third kappa shape index (κ3) is 3.94. The minimum Gasteiger partial charge on any atom is -0.337 e. The molecule has 1 aliphatic rings. The van der Waals surface area contributed by atoms with Gasteiger partial charge in [0.1, 0.15) is 17.2 Å². The molecule has 0 spiro atoms. The Kier molecular flexibility index (Phi) is 5.43. The second-order valence-electron chi connectivity index (χ2n) is 7.82. The first-order valence-corrected chi connectivity index (χ1v) is 10.0. The lowest BCUT2D eigenvalue weighted by Gasteiger charge is -2.32. The highest BCUT2D eigenvalue weighted by atomic mass is 16.2. The van der Waals surface area contributed by atoms with Gasteiger partial charge in [-0.2, -0.15) is 0 Å². The lowest BCUT2D eigenvalue weighted by Crippen LogP contribution is -2.40. The van der Waals surface area contributed by atoms with E-state index in [0.29, 0.717) is 12.2 Å². The monoisotopic (exact) mass is 380 g/mol. The van der Waals surface area contributed by atoms with Crippen LogP contribution in [0.15, 0.2) is 43.0 Å². The summed E-state index contributed by atoms with van der Waals surface area (Å²) in [6.07, 6.45) is 10.8. The Morgan fingerprint density at radius 1 is 1.29 bits per heavy atom. The third-order valence-electron chi connectivity index (χ3n) is 5.41. The number of fused-ring (bicyclic) bond motifs is 1. The normalized spacial score (nSPS) is 17.5. The van der Waals surface area contributed by atoms with Crippen LogP contribution in [0, 0.1) is 0 Å². The fourth-order valence-corrected chi connectivity index (χ4v) is 4.00. The molecule has 4 heterocycles. The van der Waals surface area contributed by atoms with Gasteiger partial charge >= 0.3 is 0 Å². The van der Waals surface area contributed by atoms with Gasteiger partial charge in [0.2, 0.25) is 0 Å². The summed E-state index contributed by atoms with van der Waals surface area (Å²) in [6.45, 7) is 3.51. The Morgan fingerprint density at radius 2 is 2.18 bits per heavy atom. The minimum atomic E-state index is 0.0131. The number of hydrogen-bond acceptors (Lipinski definition) is 4. The van der Waals surface area contributed by atoms with E-state index in [1.807, 2.05) is 46.1 Å². The van der Waals surface area contributed by atoms with Crippen LogP contribution >= 0.6 is 0 Å². The molecule has 0 aliphatic carbocycles. The number of nitrogens with zero attached hydrogens (tertiary/aromatic N) is 6. The Bertz CT molecular complexity index is 910. The van der Waals surface area contributed by atoms with Gasteiger partial charge in [0.05, 0.1) is 0 Å². The van der Waals surface area contributed by atoms with Crippen LogP contribution in [0.3, 0.4) is 0 Å². The number of carbonyl (C=O) groups excluding carboxylic acids is 1. The van der Waals surface area contributed by atoms with E-state index in [1.54, 1.807) is 0 Å². The van der Waals surface area contributed by atoms with Crippen molar-refractivity contribution in [2.75, 3.05) is 33.7 Å². The van der Waals surface area contributed by atoms with E-state index in [-0.39, 0.29) is 11.8 Å². The average molecular weight is 380 g/mol. The van der Waals surface area contributed by atoms with Crippen LogP contribution in [-0.4, -0.2) is 68.4 Å². The summed E-state index contributed by atoms with van der Waals surface area (Å²) in [4.78, 5) is 26.3. The van der Waals surface area contributed by atoms with Crippen molar-refractivity contribution in [2.45, 2.75) is 31.7 Å². The molecular weight excluding hydrogens is 352 g/mol. The van der Waals surface area contributed by atoms with Crippen LogP contribution in [0.25, 0.3) is 5.65 Å². The SMILES string of the molecule is CN(C)CCCn1ccnc1C1CCCN(C(=O)c2cn3ccccc3n2)C1. The van der Waals surface area contributed by atoms with Gasteiger partial charge in [-0.1, -0.05) is 6.07 Å². The van der Waals surface area contributed by atoms with Crippen molar-refractivity contribution in [3.05, 3.63) is 54.5 Å². The molecule has 0 N–H and O–H groups in total. The molecule has 1 aliphatic heterocycles. The van der Waals surface area contributed by atoms with Gasteiger partial charge in [0.25, 0.3) is 5.91 Å². The van der Waals surface area contributed by atoms with E-state index in [1.165, 1.54) is 0 Å². The zero-order valence-electron chi connectivity index (χ0n) is 16.7. The highest BCUT2D eigenvalue weighted by molar-refractivity contribution is 5.93. The van der Waals surface area contributed by atoms with E-state index in [0.717, 1.165) is 50.4 Å². The molecule has 0 radical (unpaired) electrons. The summed E-state index contributed by atoms with van der Waals surface area (Å²) >= 11 is 0. The standard InChI is InChI=1S/C21H28N6O/c1-24(2)10-6-13-25-14-9-22-20(25)17-7-5-12-27(15-17)21(28)18-16-26-11-4-3-8-19(26)23-18/h3-4,8-9,11,14,16-17H,5-7,10,12-13,15H2,1-2H3. The van der Waals surface area contributed by atoms with Crippen LogP contribution in [0.4, 0.5) is 0 Å². The quantitative estimate of drug-likeness (QED) is 0.659. The largest absolute Gasteiger partial charge is 0.337 e. The number of pyridine rings is 1. The summed E-state index contributed by atoms with van der Waals surface area (Å²) in [5.74, 6) is 1.40. The van der Waals surface area contributed by atoms with Gasteiger partial charge < -0.3 is 18.8 Å². The van der Waals surface area contributed by atoms with Crippen LogP contribution in [0.5, 0.6) is 0 Å². The smallest absolute Gasteiger partial charge is 0.274 e. The van der Waals surface area contributed by atoms with Crippen molar-refractivity contribution >= 4 is 11.6 Å². The van der Waals surface area contributed by atoms with Crippen LogP contribution in [0.1, 0.15) is 41.5 Å². The predicted octanol–water partition coefficient (Wildman–Crippen LogP) is 2.50. The van der Waals surface area contributed by atoms with Crippen LogP contribution < -0.4 is 0 Å². The number of piperidine rings is 1. The van der Waals surface area contributed by atoms with Crippen molar-refractivity contribution in [3.63, 3.8) is 0 Å². The zero-order valence-corrected chi connectivity index (χ0v) is 16.7. The fourth-order valence-electron chi connectivity index (χ4n) is 4.00. The van der Waals surface area contributed by atoms with Crippen LogP contribution in [-0.2, 0) is 6.54 Å². The van der Waals surface area contributed by atoms with Gasteiger partial charge in [-0.05, 0) is 52.0 Å². The molecule has 3 aromatic rings. The first kappa shape index (κ1) is 18.7. The highest BCUT2D eigenvalue weighted by Gasteiger charge is 2.29. The molecule has 1 saturated heterocycles. The van der Waals surface area contributed by atoms with E-state index in [2.05, 4.69) is 39.7 Å². The number of rotatable bonds is 6. The Morgan fingerprint density at radius 3 is 3.00 bits per heavy atom. The average Bonchev–Trinajstić information content (AvgIpc) is 3.34. The van der Waals surface area contributed by atoms with Gasteiger partial charge in [-0.3, -0.25) is 4.79 Å². The number of hydrogen-bond donors (Lipinski definition) is 0.